The highest BCUT2D eigenvalue weighted by Crippen LogP contribution is 2.25. The minimum Gasteiger partial charge on any atom is -0.484 e. The van der Waals surface area contributed by atoms with Gasteiger partial charge in [-0.25, -0.2) is 5.43 Å². The zero-order valence-electron chi connectivity index (χ0n) is 13.0. The summed E-state index contributed by atoms with van der Waals surface area (Å²) in [6, 6.07) is 8.67. The van der Waals surface area contributed by atoms with E-state index in [-0.39, 0.29) is 12.5 Å². The molecule has 1 N–H and O–H groups in total. The van der Waals surface area contributed by atoms with E-state index >= 15 is 0 Å². The fourth-order valence-electron chi connectivity index (χ4n) is 2.67. The number of benzene rings is 1. The first-order valence-electron chi connectivity index (χ1n) is 7.59. The van der Waals surface area contributed by atoms with Gasteiger partial charge in [0.15, 0.2) is 6.61 Å². The maximum Gasteiger partial charge on any atom is 0.277 e. The van der Waals surface area contributed by atoms with Crippen molar-refractivity contribution in [1.29, 1.82) is 5.26 Å². The predicted octanol–water partition coefficient (Wildman–Crippen LogP) is 2.87. The van der Waals surface area contributed by atoms with Gasteiger partial charge in [-0.2, -0.15) is 10.4 Å². The van der Waals surface area contributed by atoms with E-state index in [0.717, 1.165) is 18.6 Å². The molecule has 0 heterocycles. The molecular weight excluding hydrogens is 278 g/mol. The van der Waals surface area contributed by atoms with E-state index in [0.29, 0.717) is 23.1 Å². The molecule has 0 bridgehead atoms. The molecule has 1 amide bonds. The number of hydrogen-bond acceptors (Lipinski definition) is 4. The van der Waals surface area contributed by atoms with E-state index < -0.39 is 0 Å². The standard InChI is InChI=1S/C17H21N3O2/c1-12-4-3-5-13(2)17(12)20-19-16(21)11-22-15-8-6-14(10-18)7-9-15/h6-9,12-13H,3-5,11H2,1-2H3,(H,19,21)/t12-,13+. The summed E-state index contributed by atoms with van der Waals surface area (Å²) in [7, 11) is 0. The Morgan fingerprint density at radius 3 is 2.55 bits per heavy atom. The fourth-order valence-corrected chi connectivity index (χ4v) is 2.67. The monoisotopic (exact) mass is 299 g/mol. The number of carbonyl (C=O) groups excluding carboxylic acids is 1. The lowest BCUT2D eigenvalue weighted by atomic mass is 9.81. The Labute approximate surface area is 131 Å². The molecule has 1 aliphatic rings. The van der Waals surface area contributed by atoms with Crippen LogP contribution in [0.5, 0.6) is 5.75 Å². The molecule has 116 valence electrons. The Hall–Kier alpha value is -2.35. The number of rotatable bonds is 4. The summed E-state index contributed by atoms with van der Waals surface area (Å²) in [6.45, 7) is 4.20. The number of amides is 1. The lowest BCUT2D eigenvalue weighted by Crippen LogP contribution is -2.31. The third-order valence-corrected chi connectivity index (χ3v) is 3.95. The van der Waals surface area contributed by atoms with Crippen LogP contribution in [0, 0.1) is 23.2 Å². The Bertz CT molecular complexity index is 575. The van der Waals surface area contributed by atoms with Crippen molar-refractivity contribution in [2.24, 2.45) is 16.9 Å². The number of nitriles is 1. The number of hydrazone groups is 1. The van der Waals surface area contributed by atoms with Gasteiger partial charge in [0.2, 0.25) is 0 Å². The molecule has 1 saturated carbocycles. The van der Waals surface area contributed by atoms with Gasteiger partial charge in [0.1, 0.15) is 5.75 Å². The molecule has 1 aliphatic carbocycles. The quantitative estimate of drug-likeness (QED) is 0.869. The number of hydrogen-bond donors (Lipinski definition) is 1. The molecular formula is C17H21N3O2. The van der Waals surface area contributed by atoms with Crippen LogP contribution in [0.2, 0.25) is 0 Å². The van der Waals surface area contributed by atoms with Gasteiger partial charge < -0.3 is 4.74 Å². The lowest BCUT2D eigenvalue weighted by Gasteiger charge is -2.26. The van der Waals surface area contributed by atoms with Crippen molar-refractivity contribution < 1.29 is 9.53 Å². The van der Waals surface area contributed by atoms with Crippen molar-refractivity contribution in [3.63, 3.8) is 0 Å². The zero-order valence-corrected chi connectivity index (χ0v) is 13.0. The van der Waals surface area contributed by atoms with Crippen LogP contribution in [0.25, 0.3) is 0 Å². The van der Waals surface area contributed by atoms with Crippen LogP contribution in [0.15, 0.2) is 29.4 Å². The summed E-state index contributed by atoms with van der Waals surface area (Å²) < 4.78 is 5.37. The topological polar surface area (TPSA) is 74.5 Å². The Morgan fingerprint density at radius 2 is 1.95 bits per heavy atom. The SMILES string of the molecule is C[C@@H]1CCC[C@H](C)C1=NNC(=O)COc1ccc(C#N)cc1. The third kappa shape index (κ3) is 4.32. The normalized spacial score (nSPS) is 22.9. The molecule has 2 rings (SSSR count). The predicted molar refractivity (Wildman–Crippen MR) is 84.4 cm³/mol. The van der Waals surface area contributed by atoms with Crippen molar-refractivity contribution in [3.8, 4) is 11.8 Å². The second-order valence-electron chi connectivity index (χ2n) is 5.73. The highest BCUT2D eigenvalue weighted by atomic mass is 16.5. The van der Waals surface area contributed by atoms with E-state index in [1.54, 1.807) is 24.3 Å². The smallest absolute Gasteiger partial charge is 0.277 e. The molecule has 0 radical (unpaired) electrons. The number of nitrogens with zero attached hydrogens (tertiary/aromatic N) is 2. The summed E-state index contributed by atoms with van der Waals surface area (Å²) in [5, 5.41) is 13.0. The van der Waals surface area contributed by atoms with E-state index in [4.69, 9.17) is 10.00 Å². The largest absolute Gasteiger partial charge is 0.484 e. The summed E-state index contributed by atoms with van der Waals surface area (Å²) >= 11 is 0. The fraction of sp³-hybridized carbons (Fsp3) is 0.471. The van der Waals surface area contributed by atoms with Crippen LogP contribution in [-0.2, 0) is 4.79 Å². The molecule has 2 atom stereocenters. The van der Waals surface area contributed by atoms with Crippen LogP contribution in [0.1, 0.15) is 38.7 Å². The average Bonchev–Trinajstić information content (AvgIpc) is 2.53. The molecule has 5 heteroatoms. The van der Waals surface area contributed by atoms with Gasteiger partial charge in [0.05, 0.1) is 11.6 Å². The minimum absolute atomic E-state index is 0.0918. The van der Waals surface area contributed by atoms with Crippen molar-refractivity contribution >= 4 is 11.6 Å². The van der Waals surface area contributed by atoms with E-state index in [1.165, 1.54) is 6.42 Å². The number of nitrogens with one attached hydrogen (secondary N) is 1. The molecule has 0 aromatic heterocycles. The van der Waals surface area contributed by atoms with Crippen molar-refractivity contribution in [1.82, 2.24) is 5.43 Å². The summed E-state index contributed by atoms with van der Waals surface area (Å²) in [5.74, 6) is 1.12. The Kier molecular flexibility index (Phi) is 5.54. The van der Waals surface area contributed by atoms with Crippen LogP contribution in [0.3, 0.4) is 0 Å². The average molecular weight is 299 g/mol. The zero-order chi connectivity index (χ0) is 15.9. The first-order valence-corrected chi connectivity index (χ1v) is 7.59. The van der Waals surface area contributed by atoms with Crippen molar-refractivity contribution in [2.45, 2.75) is 33.1 Å². The van der Waals surface area contributed by atoms with Crippen molar-refractivity contribution in [2.75, 3.05) is 6.61 Å². The van der Waals surface area contributed by atoms with Crippen molar-refractivity contribution in [3.05, 3.63) is 29.8 Å². The van der Waals surface area contributed by atoms with Crippen LogP contribution < -0.4 is 10.2 Å². The van der Waals surface area contributed by atoms with Gasteiger partial charge in [0.25, 0.3) is 5.91 Å². The van der Waals surface area contributed by atoms with Gasteiger partial charge in [-0.05, 0) is 48.9 Å². The van der Waals surface area contributed by atoms with Crippen LogP contribution >= 0.6 is 0 Å². The minimum atomic E-state index is -0.276. The summed E-state index contributed by atoms with van der Waals surface area (Å²) in [5.41, 5.74) is 4.20. The van der Waals surface area contributed by atoms with Gasteiger partial charge in [-0.3, -0.25) is 4.79 Å². The first-order chi connectivity index (χ1) is 10.6. The summed E-state index contributed by atoms with van der Waals surface area (Å²) in [6.07, 6.45) is 3.47. The van der Waals surface area contributed by atoms with E-state index in [9.17, 15) is 4.79 Å². The molecule has 0 unspecified atom stereocenters. The molecule has 0 aliphatic heterocycles. The van der Waals surface area contributed by atoms with E-state index in [2.05, 4.69) is 24.4 Å². The lowest BCUT2D eigenvalue weighted by molar-refractivity contribution is -0.123. The first kappa shape index (κ1) is 16.0. The highest BCUT2D eigenvalue weighted by molar-refractivity contribution is 5.90. The van der Waals surface area contributed by atoms with Crippen LogP contribution in [0.4, 0.5) is 0 Å². The molecule has 0 saturated heterocycles. The van der Waals surface area contributed by atoms with Gasteiger partial charge in [0, 0.05) is 5.71 Å². The molecule has 0 spiro atoms. The Balaban J connectivity index is 1.83. The van der Waals surface area contributed by atoms with Crippen LogP contribution in [-0.4, -0.2) is 18.2 Å². The molecule has 1 aromatic rings. The number of carbonyl (C=O) groups is 1. The van der Waals surface area contributed by atoms with Gasteiger partial charge >= 0.3 is 0 Å². The maximum absolute atomic E-state index is 11.8. The molecule has 1 aromatic carbocycles. The molecule has 1 fully saturated rings. The third-order valence-electron chi connectivity index (χ3n) is 3.95. The van der Waals surface area contributed by atoms with E-state index in [1.807, 2.05) is 6.07 Å². The molecule has 22 heavy (non-hydrogen) atoms. The Morgan fingerprint density at radius 1 is 1.32 bits per heavy atom. The molecule has 5 nitrogen and oxygen atoms in total. The second-order valence-corrected chi connectivity index (χ2v) is 5.73. The van der Waals surface area contributed by atoms with Gasteiger partial charge in [-0.15, -0.1) is 0 Å². The van der Waals surface area contributed by atoms with Gasteiger partial charge in [-0.1, -0.05) is 20.3 Å². The maximum atomic E-state index is 11.8. The second kappa shape index (κ2) is 7.60. The highest BCUT2D eigenvalue weighted by Gasteiger charge is 2.23. The summed E-state index contributed by atoms with van der Waals surface area (Å²) in [4.78, 5) is 11.8. The number of ether oxygens (including phenoxy) is 1.